The number of nitrogens with zero attached hydrogens (tertiary/aromatic N) is 1. The molecule has 1 fully saturated rings. The summed E-state index contributed by atoms with van der Waals surface area (Å²) in [5.74, 6) is 0.00210. The average molecular weight is 423 g/mol. The summed E-state index contributed by atoms with van der Waals surface area (Å²) >= 11 is 0. The van der Waals surface area contributed by atoms with Gasteiger partial charge in [0.15, 0.2) is 0 Å². The molecule has 5 nitrogen and oxygen atoms in total. The van der Waals surface area contributed by atoms with Gasteiger partial charge in [-0.05, 0) is 66.8 Å². The second-order valence-corrected chi connectivity index (χ2v) is 9.67. The third-order valence-corrected chi connectivity index (χ3v) is 7.43. The van der Waals surface area contributed by atoms with Crippen LogP contribution in [0, 0.1) is 13.8 Å². The van der Waals surface area contributed by atoms with E-state index in [1.54, 1.807) is 12.1 Å². The number of carbonyl (C=O) groups excluding carboxylic acids is 1. The first-order chi connectivity index (χ1) is 14.3. The number of sulfonamides is 1. The van der Waals surface area contributed by atoms with Crippen LogP contribution in [0.4, 0.5) is 0 Å². The van der Waals surface area contributed by atoms with Gasteiger partial charge in [0.25, 0.3) is 5.91 Å². The highest BCUT2D eigenvalue weighted by Gasteiger charge is 2.27. The van der Waals surface area contributed by atoms with Gasteiger partial charge >= 0.3 is 0 Å². The van der Waals surface area contributed by atoms with Crippen molar-refractivity contribution in [2.24, 2.45) is 0 Å². The van der Waals surface area contributed by atoms with Crippen molar-refractivity contribution in [3.05, 3.63) is 77.4 Å². The fraction of sp³-hybridized carbons (Fsp3) is 0.292. The Morgan fingerprint density at radius 3 is 2.37 bits per heavy atom. The highest BCUT2D eigenvalue weighted by atomic mass is 32.2. The second kappa shape index (κ2) is 8.20. The van der Waals surface area contributed by atoms with Crippen LogP contribution < -0.4 is 4.72 Å². The number of fused-ring (bicyclic) bond motifs is 1. The topological polar surface area (TPSA) is 66.5 Å². The molecule has 6 heteroatoms. The van der Waals surface area contributed by atoms with E-state index in [1.807, 2.05) is 67.3 Å². The molecule has 0 aliphatic carbocycles. The minimum Gasteiger partial charge on any atom is -0.339 e. The minimum absolute atomic E-state index is 0.00210. The summed E-state index contributed by atoms with van der Waals surface area (Å²) in [5, 5.41) is 1.99. The minimum atomic E-state index is -3.57. The van der Waals surface area contributed by atoms with E-state index in [9.17, 15) is 13.2 Å². The zero-order chi connectivity index (χ0) is 21.3. The summed E-state index contributed by atoms with van der Waals surface area (Å²) in [6.07, 6.45) is 1.20. The van der Waals surface area contributed by atoms with Gasteiger partial charge in [-0.1, -0.05) is 42.5 Å². The monoisotopic (exact) mass is 422 g/mol. The molecule has 0 spiro atoms. The molecule has 30 heavy (non-hydrogen) atoms. The van der Waals surface area contributed by atoms with Crippen LogP contribution in [0.15, 0.2) is 65.6 Å². The fourth-order valence-electron chi connectivity index (χ4n) is 3.95. The first kappa shape index (κ1) is 20.6. The van der Waals surface area contributed by atoms with Crippen molar-refractivity contribution < 1.29 is 13.2 Å². The summed E-state index contributed by atoms with van der Waals surface area (Å²) in [6.45, 7) is 4.93. The maximum Gasteiger partial charge on any atom is 0.254 e. The van der Waals surface area contributed by atoms with Gasteiger partial charge in [-0.2, -0.15) is 0 Å². The van der Waals surface area contributed by atoms with Crippen LogP contribution in [0.1, 0.15) is 34.3 Å². The van der Waals surface area contributed by atoms with Crippen LogP contribution in [0.2, 0.25) is 0 Å². The first-order valence-corrected chi connectivity index (χ1v) is 11.7. The van der Waals surface area contributed by atoms with Crippen LogP contribution in [0.25, 0.3) is 10.8 Å². The number of piperidine rings is 1. The molecule has 0 bridgehead atoms. The molecule has 0 saturated carbocycles. The van der Waals surface area contributed by atoms with Crippen molar-refractivity contribution in [1.82, 2.24) is 9.62 Å². The fourth-order valence-corrected chi connectivity index (χ4v) is 5.34. The predicted molar refractivity (Wildman–Crippen MR) is 119 cm³/mol. The number of likely N-dealkylation sites (tertiary alicyclic amines) is 1. The number of aryl methyl sites for hydroxylation is 2. The van der Waals surface area contributed by atoms with Crippen LogP contribution >= 0.6 is 0 Å². The normalized spacial score (nSPS) is 15.5. The molecule has 156 valence electrons. The lowest BCUT2D eigenvalue weighted by Gasteiger charge is -2.32. The van der Waals surface area contributed by atoms with E-state index < -0.39 is 10.0 Å². The molecule has 3 aromatic carbocycles. The molecule has 0 radical (unpaired) electrons. The Bertz CT molecular complexity index is 1190. The smallest absolute Gasteiger partial charge is 0.254 e. The van der Waals surface area contributed by atoms with E-state index in [0.29, 0.717) is 36.4 Å². The number of hydrogen-bond acceptors (Lipinski definition) is 3. The molecule has 0 unspecified atom stereocenters. The van der Waals surface area contributed by atoms with Gasteiger partial charge in [-0.15, -0.1) is 0 Å². The molecule has 1 saturated heterocycles. The predicted octanol–water partition coefficient (Wildman–Crippen LogP) is 4.04. The lowest BCUT2D eigenvalue weighted by molar-refractivity contribution is 0.0713. The average Bonchev–Trinajstić information content (AvgIpc) is 2.75. The van der Waals surface area contributed by atoms with Crippen LogP contribution in [-0.4, -0.2) is 38.4 Å². The molecule has 0 atom stereocenters. The SMILES string of the molecule is Cc1ccc(S(=O)(=O)NC2CCN(C(=O)c3cccc4ccccc34)CC2)cc1C. The number of rotatable bonds is 4. The number of hydrogen-bond donors (Lipinski definition) is 1. The van der Waals surface area contributed by atoms with Crippen molar-refractivity contribution in [2.75, 3.05) is 13.1 Å². The Kier molecular flexibility index (Phi) is 5.62. The molecular weight excluding hydrogens is 396 g/mol. The number of amides is 1. The van der Waals surface area contributed by atoms with Crippen LogP contribution in [-0.2, 0) is 10.0 Å². The molecule has 1 heterocycles. The molecule has 1 N–H and O–H groups in total. The van der Waals surface area contributed by atoms with Crippen molar-refractivity contribution in [2.45, 2.75) is 37.6 Å². The third kappa shape index (κ3) is 4.11. The van der Waals surface area contributed by atoms with E-state index in [2.05, 4.69) is 4.72 Å². The van der Waals surface area contributed by atoms with Gasteiger partial charge in [-0.3, -0.25) is 4.79 Å². The number of carbonyl (C=O) groups is 1. The largest absolute Gasteiger partial charge is 0.339 e. The van der Waals surface area contributed by atoms with Gasteiger partial charge in [0.05, 0.1) is 4.90 Å². The van der Waals surface area contributed by atoms with Crippen LogP contribution in [0.5, 0.6) is 0 Å². The molecule has 1 aliphatic heterocycles. The molecule has 1 amide bonds. The number of nitrogens with one attached hydrogen (secondary N) is 1. The Morgan fingerprint density at radius 1 is 0.933 bits per heavy atom. The van der Waals surface area contributed by atoms with Crippen LogP contribution in [0.3, 0.4) is 0 Å². The lowest BCUT2D eigenvalue weighted by Crippen LogP contribution is -2.46. The van der Waals surface area contributed by atoms with Crippen molar-refractivity contribution in [1.29, 1.82) is 0 Å². The Labute approximate surface area is 177 Å². The van der Waals surface area contributed by atoms with Crippen molar-refractivity contribution in [3.63, 3.8) is 0 Å². The van der Waals surface area contributed by atoms with Gasteiger partial charge < -0.3 is 4.90 Å². The standard InChI is InChI=1S/C24H26N2O3S/c1-17-10-11-21(16-18(17)2)30(28,29)25-20-12-14-26(15-13-20)24(27)23-9-5-7-19-6-3-4-8-22(19)23/h3-11,16,20,25H,12-15H2,1-2H3. The maximum atomic E-state index is 13.1. The zero-order valence-electron chi connectivity index (χ0n) is 17.3. The summed E-state index contributed by atoms with van der Waals surface area (Å²) < 4.78 is 28.3. The summed E-state index contributed by atoms with van der Waals surface area (Å²) in [7, 11) is -3.57. The lowest BCUT2D eigenvalue weighted by atomic mass is 10.0. The van der Waals surface area contributed by atoms with E-state index in [1.165, 1.54) is 0 Å². The molecule has 1 aliphatic rings. The van der Waals surface area contributed by atoms with Gasteiger partial charge in [0.2, 0.25) is 10.0 Å². The Morgan fingerprint density at radius 2 is 1.63 bits per heavy atom. The maximum absolute atomic E-state index is 13.1. The summed E-state index contributed by atoms with van der Waals surface area (Å²) in [4.78, 5) is 15.2. The zero-order valence-corrected chi connectivity index (χ0v) is 18.1. The molecular formula is C24H26N2O3S. The highest BCUT2D eigenvalue weighted by molar-refractivity contribution is 7.89. The van der Waals surface area contributed by atoms with Crippen molar-refractivity contribution in [3.8, 4) is 0 Å². The molecule has 0 aromatic heterocycles. The van der Waals surface area contributed by atoms with E-state index in [0.717, 1.165) is 21.9 Å². The molecule has 3 aromatic rings. The second-order valence-electron chi connectivity index (χ2n) is 7.96. The quantitative estimate of drug-likeness (QED) is 0.690. The highest BCUT2D eigenvalue weighted by Crippen LogP contribution is 2.23. The van der Waals surface area contributed by atoms with E-state index in [-0.39, 0.29) is 11.9 Å². The first-order valence-electron chi connectivity index (χ1n) is 10.2. The van der Waals surface area contributed by atoms with Gasteiger partial charge in [0, 0.05) is 24.7 Å². The van der Waals surface area contributed by atoms with E-state index in [4.69, 9.17) is 0 Å². The molecule has 4 rings (SSSR count). The van der Waals surface area contributed by atoms with E-state index >= 15 is 0 Å². The Balaban J connectivity index is 1.43. The third-order valence-electron chi connectivity index (χ3n) is 5.91. The van der Waals surface area contributed by atoms with Gasteiger partial charge in [0.1, 0.15) is 0 Å². The van der Waals surface area contributed by atoms with Gasteiger partial charge in [-0.25, -0.2) is 13.1 Å². The summed E-state index contributed by atoms with van der Waals surface area (Å²) in [5.41, 5.74) is 2.71. The van der Waals surface area contributed by atoms with Crippen molar-refractivity contribution >= 4 is 26.7 Å². The number of benzene rings is 3. The summed E-state index contributed by atoms with van der Waals surface area (Å²) in [6, 6.07) is 18.6. The Hall–Kier alpha value is -2.70.